The van der Waals surface area contributed by atoms with E-state index in [9.17, 15) is 9.90 Å². The van der Waals surface area contributed by atoms with E-state index in [1.807, 2.05) is 0 Å². The summed E-state index contributed by atoms with van der Waals surface area (Å²) in [7, 11) is 1.77. The zero-order valence-electron chi connectivity index (χ0n) is 13.0. The molecule has 1 unspecified atom stereocenters. The molecule has 0 radical (unpaired) electrons. The predicted molar refractivity (Wildman–Crippen MR) is 78.9 cm³/mol. The average molecular weight is 283 g/mol. The van der Waals surface area contributed by atoms with Crippen molar-refractivity contribution in [2.24, 2.45) is 5.41 Å². The zero-order valence-corrected chi connectivity index (χ0v) is 13.0. The summed E-state index contributed by atoms with van der Waals surface area (Å²) in [6, 6.07) is 0. The maximum absolute atomic E-state index is 11.9. The Bertz CT molecular complexity index is 337. The molecule has 2 rings (SSSR count). The quantitative estimate of drug-likeness (QED) is 0.806. The number of piperidine rings is 1. The molecule has 2 aliphatic rings. The standard InChI is InChI=1S/C16H29NO3/c1-15(20-2)8-7-11-17(12-15)13-16(14(18)19)9-5-3-4-6-10-16/h3-13H2,1-2H3,(H,18,19). The summed E-state index contributed by atoms with van der Waals surface area (Å²) in [5.74, 6) is -0.593. The molecule has 2 fully saturated rings. The lowest BCUT2D eigenvalue weighted by Gasteiger charge is -2.43. The first-order valence-electron chi connectivity index (χ1n) is 8.01. The number of hydrogen-bond acceptors (Lipinski definition) is 3. The summed E-state index contributed by atoms with van der Waals surface area (Å²) in [4.78, 5) is 14.2. The third-order valence-electron chi connectivity index (χ3n) is 5.27. The minimum atomic E-state index is -0.593. The highest BCUT2D eigenvalue weighted by atomic mass is 16.5. The Balaban J connectivity index is 2.06. The first kappa shape index (κ1) is 15.8. The largest absolute Gasteiger partial charge is 0.481 e. The monoisotopic (exact) mass is 283 g/mol. The van der Waals surface area contributed by atoms with Gasteiger partial charge in [-0.1, -0.05) is 25.7 Å². The van der Waals surface area contributed by atoms with Crippen LogP contribution in [-0.4, -0.2) is 48.3 Å². The molecular weight excluding hydrogens is 254 g/mol. The van der Waals surface area contributed by atoms with Gasteiger partial charge in [-0.15, -0.1) is 0 Å². The zero-order chi connectivity index (χ0) is 14.6. The van der Waals surface area contributed by atoms with Crippen molar-refractivity contribution < 1.29 is 14.6 Å². The second-order valence-corrected chi connectivity index (χ2v) is 6.97. The van der Waals surface area contributed by atoms with Gasteiger partial charge in [-0.25, -0.2) is 0 Å². The topological polar surface area (TPSA) is 49.8 Å². The molecule has 0 spiro atoms. The number of hydrogen-bond donors (Lipinski definition) is 1. The van der Waals surface area contributed by atoms with Crippen molar-refractivity contribution in [2.45, 2.75) is 63.9 Å². The third kappa shape index (κ3) is 3.53. The minimum absolute atomic E-state index is 0.108. The Hall–Kier alpha value is -0.610. The fourth-order valence-electron chi connectivity index (χ4n) is 3.88. The van der Waals surface area contributed by atoms with Crippen LogP contribution in [0.25, 0.3) is 0 Å². The fourth-order valence-corrected chi connectivity index (χ4v) is 3.88. The number of carbonyl (C=O) groups is 1. The van der Waals surface area contributed by atoms with Crippen molar-refractivity contribution in [1.29, 1.82) is 0 Å². The SMILES string of the molecule is COC1(C)CCCN(CC2(C(=O)O)CCCCCC2)C1. The van der Waals surface area contributed by atoms with Crippen LogP contribution < -0.4 is 0 Å². The van der Waals surface area contributed by atoms with E-state index < -0.39 is 11.4 Å². The van der Waals surface area contributed by atoms with Gasteiger partial charge in [0, 0.05) is 20.2 Å². The Morgan fingerprint density at radius 1 is 1.15 bits per heavy atom. The molecule has 4 nitrogen and oxygen atoms in total. The van der Waals surface area contributed by atoms with Gasteiger partial charge in [-0.2, -0.15) is 0 Å². The van der Waals surface area contributed by atoms with Crippen molar-refractivity contribution in [2.75, 3.05) is 26.7 Å². The molecule has 1 N–H and O–H groups in total. The number of nitrogens with zero attached hydrogens (tertiary/aromatic N) is 1. The van der Waals surface area contributed by atoms with Crippen LogP contribution >= 0.6 is 0 Å². The predicted octanol–water partition coefficient (Wildman–Crippen LogP) is 2.91. The van der Waals surface area contributed by atoms with Crippen LogP contribution in [0.3, 0.4) is 0 Å². The third-order valence-corrected chi connectivity index (χ3v) is 5.27. The van der Waals surface area contributed by atoms with Gasteiger partial charge >= 0.3 is 5.97 Å². The van der Waals surface area contributed by atoms with Crippen LogP contribution in [0.5, 0.6) is 0 Å². The van der Waals surface area contributed by atoms with Gasteiger partial charge in [-0.3, -0.25) is 9.69 Å². The van der Waals surface area contributed by atoms with Crippen LogP contribution in [-0.2, 0) is 9.53 Å². The molecular formula is C16H29NO3. The van der Waals surface area contributed by atoms with Gasteiger partial charge < -0.3 is 9.84 Å². The lowest BCUT2D eigenvalue weighted by atomic mass is 9.79. The molecule has 0 amide bonds. The molecule has 0 aromatic carbocycles. The number of aliphatic carboxylic acids is 1. The van der Waals surface area contributed by atoms with Crippen LogP contribution in [0.4, 0.5) is 0 Å². The smallest absolute Gasteiger partial charge is 0.310 e. The molecule has 116 valence electrons. The molecule has 4 heteroatoms. The molecule has 1 saturated heterocycles. The van der Waals surface area contributed by atoms with Crippen LogP contribution in [0, 0.1) is 5.41 Å². The minimum Gasteiger partial charge on any atom is -0.481 e. The number of ether oxygens (including phenoxy) is 1. The summed E-state index contributed by atoms with van der Waals surface area (Å²) in [5.41, 5.74) is -0.634. The lowest BCUT2D eigenvalue weighted by molar-refractivity contribution is -0.152. The van der Waals surface area contributed by atoms with Gasteiger partial charge in [-0.05, 0) is 39.2 Å². The Kier molecular flexibility index (Phi) is 5.08. The molecule has 1 saturated carbocycles. The number of likely N-dealkylation sites (tertiary alicyclic amines) is 1. The summed E-state index contributed by atoms with van der Waals surface area (Å²) in [5, 5.41) is 9.77. The van der Waals surface area contributed by atoms with Crippen LogP contribution in [0.2, 0.25) is 0 Å². The van der Waals surface area contributed by atoms with Crippen LogP contribution in [0.15, 0.2) is 0 Å². The Morgan fingerprint density at radius 2 is 1.80 bits per heavy atom. The van der Waals surface area contributed by atoms with Gasteiger partial charge in [0.15, 0.2) is 0 Å². The summed E-state index contributed by atoms with van der Waals surface area (Å²) < 4.78 is 5.63. The van der Waals surface area contributed by atoms with Gasteiger partial charge in [0.1, 0.15) is 0 Å². The molecule has 1 aliphatic carbocycles. The number of carboxylic acid groups (broad SMARTS) is 1. The summed E-state index contributed by atoms with van der Waals surface area (Å²) >= 11 is 0. The van der Waals surface area contributed by atoms with E-state index in [2.05, 4.69) is 11.8 Å². The molecule has 1 atom stereocenters. The van der Waals surface area contributed by atoms with Crippen LogP contribution in [0.1, 0.15) is 58.3 Å². The molecule has 1 heterocycles. The second-order valence-electron chi connectivity index (χ2n) is 6.97. The molecule has 0 bridgehead atoms. The first-order valence-corrected chi connectivity index (χ1v) is 8.01. The highest BCUT2D eigenvalue weighted by Crippen LogP contribution is 2.37. The van der Waals surface area contributed by atoms with Crippen molar-refractivity contribution in [3.05, 3.63) is 0 Å². The highest BCUT2D eigenvalue weighted by Gasteiger charge is 2.42. The number of rotatable bonds is 4. The van der Waals surface area contributed by atoms with E-state index in [1.165, 1.54) is 12.8 Å². The van der Waals surface area contributed by atoms with Crippen molar-refractivity contribution >= 4 is 5.97 Å². The van der Waals surface area contributed by atoms with E-state index >= 15 is 0 Å². The van der Waals surface area contributed by atoms with Gasteiger partial charge in [0.25, 0.3) is 0 Å². The maximum atomic E-state index is 11.9. The highest BCUT2D eigenvalue weighted by molar-refractivity contribution is 5.75. The van der Waals surface area contributed by atoms with Crippen molar-refractivity contribution in [1.82, 2.24) is 4.90 Å². The number of carboxylic acids is 1. The molecule has 0 aromatic rings. The second kappa shape index (κ2) is 6.44. The Labute approximate surface area is 122 Å². The summed E-state index contributed by atoms with van der Waals surface area (Å²) in [6.45, 7) is 4.70. The molecule has 20 heavy (non-hydrogen) atoms. The fraction of sp³-hybridized carbons (Fsp3) is 0.938. The summed E-state index contributed by atoms with van der Waals surface area (Å²) in [6.07, 6.45) is 8.32. The molecule has 0 aromatic heterocycles. The normalized spacial score (nSPS) is 31.7. The van der Waals surface area contributed by atoms with Crippen molar-refractivity contribution in [3.8, 4) is 0 Å². The maximum Gasteiger partial charge on any atom is 0.310 e. The number of methoxy groups -OCH3 is 1. The lowest BCUT2D eigenvalue weighted by Crippen LogP contribution is -2.52. The van der Waals surface area contributed by atoms with Gasteiger partial charge in [0.05, 0.1) is 11.0 Å². The molecule has 1 aliphatic heterocycles. The van der Waals surface area contributed by atoms with E-state index in [0.29, 0.717) is 6.54 Å². The Morgan fingerprint density at radius 3 is 2.35 bits per heavy atom. The van der Waals surface area contributed by atoms with E-state index in [4.69, 9.17) is 4.74 Å². The van der Waals surface area contributed by atoms with E-state index in [0.717, 1.165) is 51.6 Å². The van der Waals surface area contributed by atoms with E-state index in [1.54, 1.807) is 7.11 Å². The van der Waals surface area contributed by atoms with E-state index in [-0.39, 0.29) is 5.60 Å². The first-order chi connectivity index (χ1) is 9.50. The average Bonchev–Trinajstić information content (AvgIpc) is 2.65. The van der Waals surface area contributed by atoms with Crippen molar-refractivity contribution in [3.63, 3.8) is 0 Å². The van der Waals surface area contributed by atoms with Gasteiger partial charge in [0.2, 0.25) is 0 Å².